The summed E-state index contributed by atoms with van der Waals surface area (Å²) in [5.41, 5.74) is -0.321. The Kier molecular flexibility index (Phi) is 6.57. The second kappa shape index (κ2) is 9.43. The maximum Gasteiger partial charge on any atom is 0.271 e. The van der Waals surface area contributed by atoms with Crippen molar-refractivity contribution in [2.75, 3.05) is 18.5 Å². The predicted octanol–water partition coefficient (Wildman–Crippen LogP) is 2.73. The highest BCUT2D eigenvalue weighted by atomic mass is 32.2. The Morgan fingerprint density at radius 1 is 1.29 bits per heavy atom. The van der Waals surface area contributed by atoms with E-state index in [0.29, 0.717) is 16.4 Å². The van der Waals surface area contributed by atoms with Gasteiger partial charge in [0, 0.05) is 31.1 Å². The van der Waals surface area contributed by atoms with Crippen LogP contribution in [0.4, 0.5) is 24.5 Å². The summed E-state index contributed by atoms with van der Waals surface area (Å²) in [5.74, 6) is -4.15. The Morgan fingerprint density at radius 2 is 2.06 bits per heavy atom. The molecule has 1 unspecified atom stereocenters. The van der Waals surface area contributed by atoms with Crippen molar-refractivity contribution in [1.82, 2.24) is 19.9 Å². The highest BCUT2D eigenvalue weighted by molar-refractivity contribution is 7.81. The normalized spacial score (nSPS) is 16.0. The van der Waals surface area contributed by atoms with Crippen LogP contribution in [-0.4, -0.2) is 43.4 Å². The number of fused-ring (bicyclic) bond motifs is 1. The fourth-order valence-electron chi connectivity index (χ4n) is 4.11. The number of carbonyl (C=O) groups is 1. The molecule has 1 N–H and O–H groups in total. The van der Waals surface area contributed by atoms with Crippen LogP contribution in [0.5, 0.6) is 5.88 Å². The number of nitrogens with zero attached hydrogens (tertiary/aromatic N) is 4. The number of imidazole rings is 1. The van der Waals surface area contributed by atoms with Gasteiger partial charge in [-0.15, -0.1) is 0 Å². The van der Waals surface area contributed by atoms with Gasteiger partial charge in [-0.05, 0) is 25.0 Å². The summed E-state index contributed by atoms with van der Waals surface area (Å²) >= 11 is -3.12. The number of methoxy groups -OCH3 is 1. The fourth-order valence-corrected chi connectivity index (χ4v) is 4.70. The van der Waals surface area contributed by atoms with E-state index in [1.54, 1.807) is 4.57 Å². The van der Waals surface area contributed by atoms with E-state index in [-0.39, 0.29) is 41.7 Å². The van der Waals surface area contributed by atoms with E-state index < -0.39 is 40.3 Å². The molecule has 4 rings (SSSR count). The van der Waals surface area contributed by atoms with Crippen LogP contribution in [0.3, 0.4) is 0 Å². The number of benzene rings is 1. The molecule has 1 aliphatic rings. The van der Waals surface area contributed by atoms with Gasteiger partial charge in [-0.1, -0.05) is 0 Å². The van der Waals surface area contributed by atoms with Gasteiger partial charge in [-0.25, -0.2) is 23.1 Å². The smallest absolute Gasteiger partial charge is 0.271 e. The Labute approximate surface area is 195 Å². The fraction of sp³-hybridized carbons (Fsp3) is 0.286. The molecule has 0 radical (unpaired) electrons. The Balaban J connectivity index is 1.77. The molecule has 2 atom stereocenters. The third-order valence-electron chi connectivity index (χ3n) is 5.63. The number of anilines is 2. The molecular weight excluding hydrogens is 475 g/mol. The Hall–Kier alpha value is -3.45. The molecule has 1 amide bonds. The van der Waals surface area contributed by atoms with Crippen LogP contribution < -0.4 is 14.4 Å². The number of pyridine rings is 1. The van der Waals surface area contributed by atoms with Crippen molar-refractivity contribution in [2.24, 2.45) is 0 Å². The molecule has 9 nitrogen and oxygen atoms in total. The van der Waals surface area contributed by atoms with E-state index in [1.807, 2.05) is 0 Å². The third-order valence-corrected chi connectivity index (χ3v) is 6.32. The van der Waals surface area contributed by atoms with Crippen LogP contribution in [0.25, 0.3) is 0 Å². The lowest BCUT2D eigenvalue weighted by molar-refractivity contribution is 0.0957. The second-order valence-electron chi connectivity index (χ2n) is 7.49. The number of rotatable bonds is 6. The number of ether oxygens (including phenoxy) is 1. The number of carbonyl (C=O) groups excluding carboxylic acids is 1. The van der Waals surface area contributed by atoms with Crippen LogP contribution in [0, 0.1) is 17.5 Å². The summed E-state index contributed by atoms with van der Waals surface area (Å²) in [5, 5.41) is 2.50. The molecule has 2 aromatic heterocycles. The van der Waals surface area contributed by atoms with Crippen molar-refractivity contribution in [3.05, 3.63) is 65.1 Å². The van der Waals surface area contributed by atoms with Crippen molar-refractivity contribution < 1.29 is 31.5 Å². The molecule has 180 valence electrons. The third kappa shape index (κ3) is 4.12. The first-order chi connectivity index (χ1) is 16.3. The number of halogens is 3. The molecule has 0 spiro atoms. The molecule has 1 aromatic carbocycles. The van der Waals surface area contributed by atoms with Gasteiger partial charge in [-0.2, -0.15) is 0 Å². The number of hydrogen-bond acceptors (Lipinski definition) is 6. The number of nitrogens with one attached hydrogen (secondary N) is 1. The molecule has 3 heterocycles. The summed E-state index contributed by atoms with van der Waals surface area (Å²) in [7, 11) is 2.67. The van der Waals surface area contributed by atoms with Gasteiger partial charge in [0.2, 0.25) is 5.88 Å². The lowest BCUT2D eigenvalue weighted by atomic mass is 9.89. The van der Waals surface area contributed by atoms with Gasteiger partial charge in [-0.3, -0.25) is 13.3 Å². The first-order valence-electron chi connectivity index (χ1n) is 10.1. The van der Waals surface area contributed by atoms with E-state index >= 15 is 4.39 Å². The molecular formula is C21H19F3N5O4S-. The van der Waals surface area contributed by atoms with Crippen LogP contribution in [0.15, 0.2) is 30.7 Å². The van der Waals surface area contributed by atoms with E-state index in [0.717, 1.165) is 24.4 Å². The van der Waals surface area contributed by atoms with E-state index in [4.69, 9.17) is 4.74 Å². The molecule has 0 saturated heterocycles. The summed E-state index contributed by atoms with van der Waals surface area (Å²) in [4.78, 5) is 19.8. The second-order valence-corrected chi connectivity index (χ2v) is 8.29. The summed E-state index contributed by atoms with van der Waals surface area (Å²) in [6.07, 6.45) is 2.86. The van der Waals surface area contributed by atoms with Crippen LogP contribution in [0.1, 0.15) is 34.1 Å². The average molecular weight is 494 g/mol. The quantitative estimate of drug-likeness (QED) is 0.528. The van der Waals surface area contributed by atoms with Gasteiger partial charge in [0.15, 0.2) is 5.82 Å². The lowest BCUT2D eigenvalue weighted by Crippen LogP contribution is -2.26. The highest BCUT2D eigenvalue weighted by Gasteiger charge is 2.31. The van der Waals surface area contributed by atoms with Crippen LogP contribution in [0.2, 0.25) is 0 Å². The van der Waals surface area contributed by atoms with Gasteiger partial charge in [0.25, 0.3) is 5.91 Å². The monoisotopic (exact) mass is 494 g/mol. The zero-order valence-electron chi connectivity index (χ0n) is 18.0. The first-order valence-corrected chi connectivity index (χ1v) is 11.1. The molecule has 1 aliphatic heterocycles. The summed E-state index contributed by atoms with van der Waals surface area (Å²) < 4.78 is 75.7. The van der Waals surface area contributed by atoms with E-state index in [2.05, 4.69) is 15.3 Å². The molecule has 0 bridgehead atoms. The average Bonchev–Trinajstić information content (AvgIpc) is 3.23. The minimum absolute atomic E-state index is 0.127. The van der Waals surface area contributed by atoms with Crippen molar-refractivity contribution in [3.8, 4) is 5.88 Å². The molecule has 34 heavy (non-hydrogen) atoms. The number of aromatic nitrogens is 3. The van der Waals surface area contributed by atoms with Crippen LogP contribution in [-0.2, 0) is 24.2 Å². The molecule has 0 fully saturated rings. The summed E-state index contributed by atoms with van der Waals surface area (Å²) in [6, 6.07) is 2.72. The largest absolute Gasteiger partial charge is 0.755 e. The zero-order valence-corrected chi connectivity index (χ0v) is 18.9. The van der Waals surface area contributed by atoms with Crippen molar-refractivity contribution in [1.29, 1.82) is 0 Å². The van der Waals surface area contributed by atoms with Gasteiger partial charge < -0.3 is 19.2 Å². The van der Waals surface area contributed by atoms with Crippen molar-refractivity contribution >= 4 is 28.5 Å². The standard InChI is InChI=1S/C21H20F3N5O4S/c1-25-20(30)19-15-5-3-11(9-28(15)10-27-19)17-13(23)4-6-14(18(17)24)29(34(31)32)16-7-12(22)8-26-21(16)33-2/h4,6-8,10-11H,3,5,9H2,1-2H3,(H,25,30)(H,31,32)/p-1/t11-/m0/s1. The topological polar surface area (TPSA) is 112 Å². The minimum atomic E-state index is -3.12. The molecule has 0 aliphatic carbocycles. The van der Waals surface area contributed by atoms with Crippen LogP contribution >= 0.6 is 0 Å². The predicted molar refractivity (Wildman–Crippen MR) is 115 cm³/mol. The maximum absolute atomic E-state index is 15.7. The zero-order chi connectivity index (χ0) is 24.6. The van der Waals surface area contributed by atoms with E-state index in [9.17, 15) is 22.3 Å². The van der Waals surface area contributed by atoms with Gasteiger partial charge in [0.05, 0.1) is 42.3 Å². The number of hydrogen-bond donors (Lipinski definition) is 1. The Morgan fingerprint density at radius 3 is 2.74 bits per heavy atom. The van der Waals surface area contributed by atoms with Crippen molar-refractivity contribution in [3.63, 3.8) is 0 Å². The summed E-state index contributed by atoms with van der Waals surface area (Å²) in [6.45, 7) is 0.127. The number of amides is 1. The first kappa shape index (κ1) is 23.7. The van der Waals surface area contributed by atoms with Crippen molar-refractivity contribution in [2.45, 2.75) is 25.3 Å². The van der Waals surface area contributed by atoms with Gasteiger partial charge in [0.1, 0.15) is 23.0 Å². The molecule has 13 heteroatoms. The highest BCUT2D eigenvalue weighted by Crippen LogP contribution is 2.40. The molecule has 3 aromatic rings. The Bertz CT molecular complexity index is 1290. The van der Waals surface area contributed by atoms with Gasteiger partial charge >= 0.3 is 0 Å². The SMILES string of the molecule is CNC(=O)c1ncn2c1CC[C@H](c1c(F)ccc(N(c3cc(F)cnc3OC)S(=O)[O-])c1F)C2. The van der Waals surface area contributed by atoms with E-state index in [1.165, 1.54) is 20.5 Å². The molecule has 0 saturated carbocycles. The maximum atomic E-state index is 15.7. The minimum Gasteiger partial charge on any atom is -0.755 e. The lowest BCUT2D eigenvalue weighted by Gasteiger charge is -2.30.